The lowest BCUT2D eigenvalue weighted by Crippen LogP contribution is -2.22. The van der Waals surface area contributed by atoms with Crippen molar-refractivity contribution in [2.45, 2.75) is 32.7 Å². The molecule has 0 fully saturated rings. The molecule has 0 unspecified atom stereocenters. The van der Waals surface area contributed by atoms with Crippen LogP contribution >= 0.6 is 27.3 Å². The standard InChI is InChI=1S/C27H25BrN2O5S/c1-17-22(30-27(35-17)19-5-3-2-4-6-19)13-14-34-21-9-7-18(8-12-25(31)32)20(15-21)16-29-26(33)23-10-11-24(28)36-23/h2-7,9-11,15H,8,12-14,16H2,1H3,(H,29,33)(H,31,32). The molecule has 0 radical (unpaired) electrons. The number of carbonyl (C=O) groups is 2. The van der Waals surface area contributed by atoms with E-state index in [0.29, 0.717) is 36.0 Å². The largest absolute Gasteiger partial charge is 0.493 e. The number of carboxylic acid groups (broad SMARTS) is 1. The van der Waals surface area contributed by atoms with E-state index >= 15 is 0 Å². The number of aliphatic carboxylic acids is 1. The van der Waals surface area contributed by atoms with Crippen LogP contribution in [0.5, 0.6) is 5.75 Å². The summed E-state index contributed by atoms with van der Waals surface area (Å²) in [5.74, 6) is 0.928. The topological polar surface area (TPSA) is 102 Å². The van der Waals surface area contributed by atoms with E-state index in [0.717, 1.165) is 31.9 Å². The van der Waals surface area contributed by atoms with Gasteiger partial charge in [-0.25, -0.2) is 4.98 Å². The first kappa shape index (κ1) is 25.7. The summed E-state index contributed by atoms with van der Waals surface area (Å²) in [7, 11) is 0. The Morgan fingerprint density at radius 3 is 2.61 bits per heavy atom. The maximum absolute atomic E-state index is 12.5. The number of halogens is 1. The van der Waals surface area contributed by atoms with Crippen molar-refractivity contribution in [3.63, 3.8) is 0 Å². The average Bonchev–Trinajstić information content (AvgIpc) is 3.48. The second-order valence-electron chi connectivity index (χ2n) is 8.10. The molecule has 186 valence electrons. The first-order valence-electron chi connectivity index (χ1n) is 11.4. The molecular weight excluding hydrogens is 544 g/mol. The van der Waals surface area contributed by atoms with E-state index in [1.807, 2.05) is 61.5 Å². The lowest BCUT2D eigenvalue weighted by molar-refractivity contribution is -0.136. The van der Waals surface area contributed by atoms with Crippen LogP contribution in [0, 0.1) is 6.92 Å². The van der Waals surface area contributed by atoms with Gasteiger partial charge in [0.15, 0.2) is 0 Å². The van der Waals surface area contributed by atoms with Crippen LogP contribution in [0.15, 0.2) is 68.9 Å². The zero-order chi connectivity index (χ0) is 25.5. The number of hydrogen-bond donors (Lipinski definition) is 2. The zero-order valence-corrected chi connectivity index (χ0v) is 22.0. The number of hydrogen-bond acceptors (Lipinski definition) is 6. The fourth-order valence-corrected chi connectivity index (χ4v) is 4.97. The molecule has 2 aromatic heterocycles. The molecule has 0 saturated carbocycles. The van der Waals surface area contributed by atoms with E-state index in [1.165, 1.54) is 11.3 Å². The van der Waals surface area contributed by atoms with Gasteiger partial charge in [0.25, 0.3) is 5.91 Å². The molecule has 1 amide bonds. The van der Waals surface area contributed by atoms with E-state index in [4.69, 9.17) is 14.3 Å². The van der Waals surface area contributed by atoms with Crippen LogP contribution < -0.4 is 10.1 Å². The minimum atomic E-state index is -0.869. The molecule has 4 aromatic rings. The number of rotatable bonds is 11. The van der Waals surface area contributed by atoms with Gasteiger partial charge in [-0.15, -0.1) is 11.3 Å². The Kier molecular flexibility index (Phi) is 8.56. The molecule has 0 bridgehead atoms. The van der Waals surface area contributed by atoms with Crippen molar-refractivity contribution < 1.29 is 23.8 Å². The molecule has 2 aromatic carbocycles. The predicted octanol–water partition coefficient (Wildman–Crippen LogP) is 6.04. The van der Waals surface area contributed by atoms with Gasteiger partial charge >= 0.3 is 5.97 Å². The predicted molar refractivity (Wildman–Crippen MR) is 141 cm³/mol. The number of aromatic nitrogens is 1. The van der Waals surface area contributed by atoms with Crippen molar-refractivity contribution in [3.8, 4) is 17.2 Å². The maximum Gasteiger partial charge on any atom is 0.303 e. The number of oxazole rings is 1. The minimum absolute atomic E-state index is 0.00814. The van der Waals surface area contributed by atoms with Crippen molar-refractivity contribution in [1.82, 2.24) is 10.3 Å². The van der Waals surface area contributed by atoms with Crippen LogP contribution in [0.4, 0.5) is 0 Å². The van der Waals surface area contributed by atoms with Crippen molar-refractivity contribution in [2.24, 2.45) is 0 Å². The normalized spacial score (nSPS) is 10.8. The van der Waals surface area contributed by atoms with Crippen LogP contribution in [0.3, 0.4) is 0 Å². The summed E-state index contributed by atoms with van der Waals surface area (Å²) < 4.78 is 12.7. The van der Waals surface area contributed by atoms with Gasteiger partial charge in [-0.2, -0.15) is 0 Å². The van der Waals surface area contributed by atoms with Crippen LogP contribution in [-0.4, -0.2) is 28.6 Å². The molecule has 0 spiro atoms. The number of nitrogens with one attached hydrogen (secondary N) is 1. The Morgan fingerprint density at radius 1 is 1.08 bits per heavy atom. The SMILES string of the molecule is Cc1oc(-c2ccccc2)nc1CCOc1ccc(CCC(=O)O)c(CNC(=O)c2ccc(Br)s2)c1. The number of aryl methyl sites for hydroxylation is 2. The van der Waals surface area contributed by atoms with Gasteiger partial charge in [-0.1, -0.05) is 24.3 Å². The summed E-state index contributed by atoms with van der Waals surface area (Å²) in [5.41, 5.74) is 3.44. The Bertz CT molecular complexity index is 1350. The Hall–Kier alpha value is -3.43. The van der Waals surface area contributed by atoms with Crippen LogP contribution in [-0.2, 0) is 24.2 Å². The van der Waals surface area contributed by atoms with Crippen molar-refractivity contribution in [2.75, 3.05) is 6.61 Å². The fourth-order valence-electron chi connectivity index (χ4n) is 3.67. The minimum Gasteiger partial charge on any atom is -0.493 e. The van der Waals surface area contributed by atoms with E-state index in [-0.39, 0.29) is 18.9 Å². The molecule has 2 heterocycles. The van der Waals surface area contributed by atoms with Crippen LogP contribution in [0.1, 0.15) is 38.7 Å². The first-order valence-corrected chi connectivity index (χ1v) is 13.0. The smallest absolute Gasteiger partial charge is 0.303 e. The summed E-state index contributed by atoms with van der Waals surface area (Å²) in [4.78, 5) is 28.8. The van der Waals surface area contributed by atoms with E-state index in [2.05, 4.69) is 26.2 Å². The molecule has 0 aliphatic heterocycles. The maximum atomic E-state index is 12.5. The molecule has 4 rings (SSSR count). The highest BCUT2D eigenvalue weighted by molar-refractivity contribution is 9.11. The third kappa shape index (κ3) is 6.83. The van der Waals surface area contributed by atoms with Gasteiger partial charge in [0.1, 0.15) is 11.5 Å². The number of amides is 1. The molecule has 9 heteroatoms. The molecule has 0 aliphatic rings. The highest BCUT2D eigenvalue weighted by Crippen LogP contribution is 2.24. The Balaban J connectivity index is 1.41. The number of thiophene rings is 1. The van der Waals surface area contributed by atoms with Gasteiger partial charge in [-0.05, 0) is 76.8 Å². The quantitative estimate of drug-likeness (QED) is 0.228. The molecule has 0 saturated heterocycles. The van der Waals surface area contributed by atoms with Gasteiger partial charge < -0.3 is 19.6 Å². The Morgan fingerprint density at radius 2 is 1.89 bits per heavy atom. The third-order valence-electron chi connectivity index (χ3n) is 5.54. The highest BCUT2D eigenvalue weighted by atomic mass is 79.9. The summed E-state index contributed by atoms with van der Waals surface area (Å²) in [6.45, 7) is 2.55. The van der Waals surface area contributed by atoms with Gasteiger partial charge in [-0.3, -0.25) is 9.59 Å². The van der Waals surface area contributed by atoms with Crippen molar-refractivity contribution in [3.05, 3.63) is 91.9 Å². The number of nitrogens with zero attached hydrogens (tertiary/aromatic N) is 1. The molecule has 36 heavy (non-hydrogen) atoms. The molecule has 0 aliphatic carbocycles. The van der Waals surface area contributed by atoms with Crippen molar-refractivity contribution >= 4 is 39.1 Å². The summed E-state index contributed by atoms with van der Waals surface area (Å²) >= 11 is 4.72. The fraction of sp³-hybridized carbons (Fsp3) is 0.222. The van der Waals surface area contributed by atoms with E-state index < -0.39 is 5.97 Å². The van der Waals surface area contributed by atoms with Crippen LogP contribution in [0.25, 0.3) is 11.5 Å². The highest BCUT2D eigenvalue weighted by Gasteiger charge is 2.13. The number of benzene rings is 2. The number of carbonyl (C=O) groups excluding carboxylic acids is 1. The zero-order valence-electron chi connectivity index (χ0n) is 19.6. The van der Waals surface area contributed by atoms with E-state index in [9.17, 15) is 9.59 Å². The Labute approximate surface area is 221 Å². The second kappa shape index (κ2) is 12.0. The molecule has 0 atom stereocenters. The third-order valence-corrected chi connectivity index (χ3v) is 7.17. The van der Waals surface area contributed by atoms with Gasteiger partial charge in [0.05, 0.1) is 21.0 Å². The van der Waals surface area contributed by atoms with E-state index in [1.54, 1.807) is 6.07 Å². The molecule has 7 nitrogen and oxygen atoms in total. The summed E-state index contributed by atoms with van der Waals surface area (Å²) in [6, 6.07) is 18.9. The van der Waals surface area contributed by atoms with Crippen molar-refractivity contribution in [1.29, 1.82) is 0 Å². The number of carboxylic acids is 1. The summed E-state index contributed by atoms with van der Waals surface area (Å²) in [6.07, 6.45) is 0.947. The number of ether oxygens (including phenoxy) is 1. The lowest BCUT2D eigenvalue weighted by atomic mass is 10.0. The second-order valence-corrected chi connectivity index (χ2v) is 10.6. The van der Waals surface area contributed by atoms with Crippen LogP contribution in [0.2, 0.25) is 0 Å². The van der Waals surface area contributed by atoms with Gasteiger partial charge in [0, 0.05) is 24.9 Å². The lowest BCUT2D eigenvalue weighted by Gasteiger charge is -2.13. The average molecular weight is 569 g/mol. The monoisotopic (exact) mass is 568 g/mol. The summed E-state index contributed by atoms with van der Waals surface area (Å²) in [5, 5.41) is 12.0. The molecular formula is C27H25BrN2O5S. The molecule has 2 N–H and O–H groups in total. The van der Waals surface area contributed by atoms with Gasteiger partial charge in [0.2, 0.25) is 5.89 Å². The first-order chi connectivity index (χ1) is 17.4.